The van der Waals surface area contributed by atoms with Crippen LogP contribution in [-0.2, 0) is 0 Å². The van der Waals surface area contributed by atoms with Crippen molar-refractivity contribution in [1.29, 1.82) is 0 Å². The highest BCUT2D eigenvalue weighted by molar-refractivity contribution is 6.30. The molecular formula is C15H15ClN2O2. The van der Waals surface area contributed by atoms with E-state index in [1.165, 1.54) is 0 Å². The van der Waals surface area contributed by atoms with Crippen molar-refractivity contribution in [3.8, 4) is 11.6 Å². The Morgan fingerprint density at radius 2 is 2.20 bits per heavy atom. The summed E-state index contributed by atoms with van der Waals surface area (Å²) in [5, 5.41) is 0.673. The Kier molecular flexibility index (Phi) is 3.51. The molecule has 0 saturated heterocycles. The zero-order valence-corrected chi connectivity index (χ0v) is 11.8. The maximum absolute atomic E-state index is 6.22. The smallest absolute Gasteiger partial charge is 0.212 e. The van der Waals surface area contributed by atoms with Crippen LogP contribution in [0.5, 0.6) is 11.6 Å². The molecule has 2 N–H and O–H groups in total. The summed E-state index contributed by atoms with van der Waals surface area (Å²) < 4.78 is 11.1. The minimum atomic E-state index is -0.0999. The van der Waals surface area contributed by atoms with Crippen molar-refractivity contribution in [3.63, 3.8) is 0 Å². The molecule has 2 atom stereocenters. The Labute approximate surface area is 122 Å². The van der Waals surface area contributed by atoms with Crippen molar-refractivity contribution in [2.24, 2.45) is 5.73 Å². The van der Waals surface area contributed by atoms with Crippen LogP contribution < -0.4 is 15.2 Å². The van der Waals surface area contributed by atoms with Crippen LogP contribution in [0.2, 0.25) is 5.02 Å². The molecule has 1 unspecified atom stereocenters. The molecule has 104 valence electrons. The summed E-state index contributed by atoms with van der Waals surface area (Å²) in [6.45, 7) is 0. The predicted molar refractivity (Wildman–Crippen MR) is 77.2 cm³/mol. The Morgan fingerprint density at radius 3 is 2.90 bits per heavy atom. The SMILES string of the molecule is COc1ccc(C2C[C@H](N)c3cc(Cl)ccc3O2)cn1. The Balaban J connectivity index is 1.88. The molecule has 0 aliphatic carbocycles. The van der Waals surface area contributed by atoms with Gasteiger partial charge < -0.3 is 15.2 Å². The van der Waals surface area contributed by atoms with E-state index in [4.69, 9.17) is 26.8 Å². The Hall–Kier alpha value is -1.78. The van der Waals surface area contributed by atoms with Crippen molar-refractivity contribution in [3.05, 3.63) is 52.7 Å². The fourth-order valence-corrected chi connectivity index (χ4v) is 2.56. The van der Waals surface area contributed by atoms with Gasteiger partial charge in [-0.25, -0.2) is 4.98 Å². The summed E-state index contributed by atoms with van der Waals surface area (Å²) >= 11 is 5.99. The van der Waals surface area contributed by atoms with Crippen molar-refractivity contribution in [1.82, 2.24) is 4.98 Å². The van der Waals surface area contributed by atoms with Gasteiger partial charge in [0, 0.05) is 40.9 Å². The molecule has 1 aliphatic rings. The second-order valence-electron chi connectivity index (χ2n) is 4.76. The molecule has 0 amide bonds. The molecule has 0 radical (unpaired) electrons. The fraction of sp³-hybridized carbons (Fsp3) is 0.267. The van der Waals surface area contributed by atoms with E-state index in [1.54, 1.807) is 13.3 Å². The zero-order chi connectivity index (χ0) is 14.1. The standard InChI is InChI=1S/C15H15ClN2O2/c1-19-15-5-2-9(8-18-15)14-7-12(17)11-6-10(16)3-4-13(11)20-14/h2-6,8,12,14H,7,17H2,1H3/t12-,14?/m0/s1. The zero-order valence-electron chi connectivity index (χ0n) is 11.0. The quantitative estimate of drug-likeness (QED) is 0.922. The van der Waals surface area contributed by atoms with E-state index in [1.807, 2.05) is 30.3 Å². The fourth-order valence-electron chi connectivity index (χ4n) is 2.38. The second-order valence-corrected chi connectivity index (χ2v) is 5.20. The molecule has 0 saturated carbocycles. The van der Waals surface area contributed by atoms with Gasteiger partial charge in [0.25, 0.3) is 0 Å². The summed E-state index contributed by atoms with van der Waals surface area (Å²) in [4.78, 5) is 4.20. The molecule has 2 heterocycles. The summed E-state index contributed by atoms with van der Waals surface area (Å²) in [5.41, 5.74) is 8.16. The van der Waals surface area contributed by atoms with Crippen LogP contribution in [0.15, 0.2) is 36.5 Å². The number of methoxy groups -OCH3 is 1. The van der Waals surface area contributed by atoms with E-state index in [-0.39, 0.29) is 12.1 Å². The summed E-state index contributed by atoms with van der Waals surface area (Å²) in [6.07, 6.45) is 2.36. The summed E-state index contributed by atoms with van der Waals surface area (Å²) in [5.74, 6) is 1.37. The van der Waals surface area contributed by atoms with Gasteiger partial charge in [0.15, 0.2) is 0 Å². The van der Waals surface area contributed by atoms with Gasteiger partial charge in [-0.2, -0.15) is 0 Å². The first kappa shape index (κ1) is 13.2. The molecule has 0 fully saturated rings. The van der Waals surface area contributed by atoms with Crippen LogP contribution in [0.4, 0.5) is 0 Å². The number of aromatic nitrogens is 1. The van der Waals surface area contributed by atoms with E-state index >= 15 is 0 Å². The molecule has 2 aromatic rings. The third kappa shape index (κ3) is 2.44. The molecule has 20 heavy (non-hydrogen) atoms. The van der Waals surface area contributed by atoms with Gasteiger partial charge in [0.2, 0.25) is 5.88 Å². The number of fused-ring (bicyclic) bond motifs is 1. The number of nitrogens with two attached hydrogens (primary N) is 1. The van der Waals surface area contributed by atoms with E-state index in [2.05, 4.69) is 4.98 Å². The van der Waals surface area contributed by atoms with Crippen LogP contribution in [0.25, 0.3) is 0 Å². The lowest BCUT2D eigenvalue weighted by Gasteiger charge is -2.30. The molecule has 1 aromatic heterocycles. The molecule has 0 spiro atoms. The first-order valence-electron chi connectivity index (χ1n) is 6.39. The molecule has 1 aromatic carbocycles. The van der Waals surface area contributed by atoms with E-state index in [0.29, 0.717) is 17.3 Å². The third-order valence-electron chi connectivity index (χ3n) is 3.45. The molecule has 1 aliphatic heterocycles. The lowest BCUT2D eigenvalue weighted by Crippen LogP contribution is -2.24. The number of ether oxygens (including phenoxy) is 2. The number of rotatable bonds is 2. The molecular weight excluding hydrogens is 276 g/mol. The van der Waals surface area contributed by atoms with Gasteiger partial charge in [-0.05, 0) is 24.3 Å². The Morgan fingerprint density at radius 1 is 1.35 bits per heavy atom. The third-order valence-corrected chi connectivity index (χ3v) is 3.68. The molecule has 4 nitrogen and oxygen atoms in total. The van der Waals surface area contributed by atoms with Crippen LogP contribution >= 0.6 is 11.6 Å². The van der Waals surface area contributed by atoms with Crippen LogP contribution in [0.3, 0.4) is 0 Å². The monoisotopic (exact) mass is 290 g/mol. The highest BCUT2D eigenvalue weighted by atomic mass is 35.5. The highest BCUT2D eigenvalue weighted by Gasteiger charge is 2.27. The number of hydrogen-bond acceptors (Lipinski definition) is 4. The molecule has 0 bridgehead atoms. The number of hydrogen-bond donors (Lipinski definition) is 1. The summed E-state index contributed by atoms with van der Waals surface area (Å²) in [7, 11) is 1.59. The van der Waals surface area contributed by atoms with Crippen molar-refractivity contribution >= 4 is 11.6 Å². The lowest BCUT2D eigenvalue weighted by atomic mass is 9.94. The lowest BCUT2D eigenvalue weighted by molar-refractivity contribution is 0.161. The van der Waals surface area contributed by atoms with E-state index < -0.39 is 0 Å². The van der Waals surface area contributed by atoms with Crippen molar-refractivity contribution < 1.29 is 9.47 Å². The van der Waals surface area contributed by atoms with Gasteiger partial charge in [-0.1, -0.05) is 11.6 Å². The van der Waals surface area contributed by atoms with Gasteiger partial charge in [-0.3, -0.25) is 0 Å². The van der Waals surface area contributed by atoms with Crippen LogP contribution in [0, 0.1) is 0 Å². The average Bonchev–Trinajstić information content (AvgIpc) is 2.48. The largest absolute Gasteiger partial charge is 0.485 e. The van der Waals surface area contributed by atoms with E-state index in [0.717, 1.165) is 16.9 Å². The highest BCUT2D eigenvalue weighted by Crippen LogP contribution is 2.40. The first-order chi connectivity index (χ1) is 9.67. The maximum atomic E-state index is 6.22. The molecule has 3 rings (SSSR count). The molecule has 5 heteroatoms. The van der Waals surface area contributed by atoms with Crippen molar-refractivity contribution in [2.75, 3.05) is 7.11 Å². The van der Waals surface area contributed by atoms with Crippen LogP contribution in [-0.4, -0.2) is 12.1 Å². The van der Waals surface area contributed by atoms with Crippen LogP contribution in [0.1, 0.15) is 29.7 Å². The predicted octanol–water partition coefficient (Wildman–Crippen LogP) is 3.27. The number of halogens is 1. The summed E-state index contributed by atoms with van der Waals surface area (Å²) in [6, 6.07) is 9.21. The average molecular weight is 291 g/mol. The van der Waals surface area contributed by atoms with Gasteiger partial charge >= 0.3 is 0 Å². The normalized spacial score (nSPS) is 20.9. The van der Waals surface area contributed by atoms with Crippen molar-refractivity contribution in [2.45, 2.75) is 18.6 Å². The van der Waals surface area contributed by atoms with Gasteiger partial charge in [0.05, 0.1) is 7.11 Å². The van der Waals surface area contributed by atoms with E-state index in [9.17, 15) is 0 Å². The minimum Gasteiger partial charge on any atom is -0.485 e. The topological polar surface area (TPSA) is 57.4 Å². The minimum absolute atomic E-state index is 0.0930. The first-order valence-corrected chi connectivity index (χ1v) is 6.77. The Bertz CT molecular complexity index is 616. The second kappa shape index (κ2) is 5.31. The number of pyridine rings is 1. The number of nitrogens with zero attached hydrogens (tertiary/aromatic N) is 1. The van der Waals surface area contributed by atoms with Gasteiger partial charge in [0.1, 0.15) is 11.9 Å². The van der Waals surface area contributed by atoms with Gasteiger partial charge in [-0.15, -0.1) is 0 Å². The number of benzene rings is 1. The maximum Gasteiger partial charge on any atom is 0.212 e.